The lowest BCUT2D eigenvalue weighted by atomic mass is 9.86. The number of aliphatic hydroxyl groups is 1. The van der Waals surface area contributed by atoms with Crippen LogP contribution in [0.3, 0.4) is 0 Å². The number of nitrogens with zero attached hydrogens (tertiary/aromatic N) is 2. The summed E-state index contributed by atoms with van der Waals surface area (Å²) in [5.41, 5.74) is -2.48. The fourth-order valence-corrected chi connectivity index (χ4v) is 3.39. The second-order valence-corrected chi connectivity index (χ2v) is 6.58. The van der Waals surface area contributed by atoms with E-state index in [9.17, 15) is 31.9 Å². The van der Waals surface area contributed by atoms with Crippen LogP contribution in [0.15, 0.2) is 48.7 Å². The van der Waals surface area contributed by atoms with Crippen LogP contribution in [-0.4, -0.2) is 39.1 Å². The van der Waals surface area contributed by atoms with E-state index in [-0.39, 0.29) is 22.2 Å². The van der Waals surface area contributed by atoms with Crippen LogP contribution in [0, 0.1) is 0 Å². The third-order valence-corrected chi connectivity index (χ3v) is 4.76. The van der Waals surface area contributed by atoms with Gasteiger partial charge in [0.25, 0.3) is 0 Å². The number of carbonyl (C=O) groups is 1. The molecule has 0 aliphatic heterocycles. The molecule has 3 aromatic rings. The van der Waals surface area contributed by atoms with Crippen LogP contribution in [0.2, 0.25) is 0 Å². The minimum Gasteiger partial charge on any atom is -0.465 e. The summed E-state index contributed by atoms with van der Waals surface area (Å²) < 4.78 is 66.8. The van der Waals surface area contributed by atoms with Gasteiger partial charge in [0, 0.05) is 11.8 Å². The molecule has 30 heavy (non-hydrogen) atoms. The highest BCUT2D eigenvalue weighted by atomic mass is 19.4. The van der Waals surface area contributed by atoms with E-state index in [4.69, 9.17) is 5.11 Å². The second-order valence-electron chi connectivity index (χ2n) is 6.58. The van der Waals surface area contributed by atoms with E-state index < -0.39 is 42.8 Å². The number of hydrogen-bond donors (Lipinski definition) is 3. The van der Waals surface area contributed by atoms with Gasteiger partial charge in [0.05, 0.1) is 29.6 Å². The zero-order valence-electron chi connectivity index (χ0n) is 15.2. The number of amides is 1. The maximum absolute atomic E-state index is 13.5. The van der Waals surface area contributed by atoms with Gasteiger partial charge in [-0.3, -0.25) is 10.00 Å². The van der Waals surface area contributed by atoms with Crippen LogP contribution >= 0.6 is 0 Å². The number of aromatic nitrogens is 2. The summed E-state index contributed by atoms with van der Waals surface area (Å²) in [5.74, 6) is 0. The standard InChI is InChI=1S/C19H16F5N3O3/c20-16(21)8-18(10-28,11-4-6-12(7-5-11)19(22,23)24)27-15-3-1-2-14(26-17(29)30)13(15)9-25-27/h1-7,9,16,26,28H,8,10H2,(H,29,30). The molecule has 0 radical (unpaired) electrons. The number of aliphatic hydroxyl groups excluding tert-OH is 1. The predicted octanol–water partition coefficient (Wildman–Crippen LogP) is 4.54. The molecule has 0 bridgehead atoms. The maximum Gasteiger partial charge on any atom is 0.416 e. The highest BCUT2D eigenvalue weighted by molar-refractivity contribution is 5.98. The minimum absolute atomic E-state index is 0.0000955. The average molecular weight is 429 g/mol. The van der Waals surface area contributed by atoms with E-state index in [0.29, 0.717) is 0 Å². The Morgan fingerprint density at radius 3 is 2.27 bits per heavy atom. The van der Waals surface area contributed by atoms with Crippen LogP contribution in [0.1, 0.15) is 17.5 Å². The number of hydrogen-bond acceptors (Lipinski definition) is 3. The van der Waals surface area contributed by atoms with Crippen molar-refractivity contribution in [2.24, 2.45) is 0 Å². The molecule has 0 fully saturated rings. The second kappa shape index (κ2) is 7.90. The zero-order valence-corrected chi connectivity index (χ0v) is 15.2. The summed E-state index contributed by atoms with van der Waals surface area (Å²) in [6.45, 7) is -0.879. The Balaban J connectivity index is 2.21. The average Bonchev–Trinajstić information content (AvgIpc) is 3.11. The normalized spacial score (nSPS) is 14.1. The smallest absolute Gasteiger partial charge is 0.416 e. The highest BCUT2D eigenvalue weighted by Crippen LogP contribution is 2.38. The van der Waals surface area contributed by atoms with Crippen molar-refractivity contribution in [3.63, 3.8) is 0 Å². The number of benzene rings is 2. The first kappa shape index (κ1) is 21.5. The van der Waals surface area contributed by atoms with Crippen LogP contribution in [0.25, 0.3) is 10.9 Å². The minimum atomic E-state index is -4.61. The quantitative estimate of drug-likeness (QED) is 0.503. The van der Waals surface area contributed by atoms with Crippen LogP contribution in [-0.2, 0) is 11.7 Å². The molecule has 3 rings (SSSR count). The Morgan fingerprint density at radius 2 is 1.73 bits per heavy atom. The van der Waals surface area contributed by atoms with Gasteiger partial charge in [-0.25, -0.2) is 13.6 Å². The third-order valence-electron chi connectivity index (χ3n) is 4.76. The first-order valence-corrected chi connectivity index (χ1v) is 8.62. The third kappa shape index (κ3) is 3.92. The Labute approximate surface area is 166 Å². The fraction of sp³-hybridized carbons (Fsp3) is 0.263. The molecule has 1 heterocycles. The van der Waals surface area contributed by atoms with Gasteiger partial charge in [0.2, 0.25) is 6.43 Å². The van der Waals surface area contributed by atoms with Gasteiger partial charge in [-0.15, -0.1) is 0 Å². The maximum atomic E-state index is 13.5. The van der Waals surface area contributed by atoms with Gasteiger partial charge < -0.3 is 10.2 Å². The molecule has 1 unspecified atom stereocenters. The Hall–Kier alpha value is -3.21. The lowest BCUT2D eigenvalue weighted by Crippen LogP contribution is -2.41. The molecule has 11 heteroatoms. The number of halogens is 5. The summed E-state index contributed by atoms with van der Waals surface area (Å²) in [7, 11) is 0. The van der Waals surface area contributed by atoms with E-state index in [1.54, 1.807) is 0 Å². The number of anilines is 1. The summed E-state index contributed by atoms with van der Waals surface area (Å²) in [5, 5.41) is 25.6. The molecule has 0 aliphatic rings. The fourth-order valence-electron chi connectivity index (χ4n) is 3.39. The van der Waals surface area contributed by atoms with E-state index in [1.165, 1.54) is 24.4 Å². The van der Waals surface area contributed by atoms with Crippen molar-refractivity contribution in [1.82, 2.24) is 9.78 Å². The monoisotopic (exact) mass is 429 g/mol. The number of alkyl halides is 5. The molecule has 3 N–H and O–H groups in total. The summed E-state index contributed by atoms with van der Waals surface area (Å²) in [6, 6.07) is 7.91. The SMILES string of the molecule is O=C(O)Nc1cccc2c1cnn2C(CO)(CC(F)F)c1ccc(C(F)(F)F)cc1. The van der Waals surface area contributed by atoms with Crippen LogP contribution in [0.5, 0.6) is 0 Å². The van der Waals surface area contributed by atoms with Gasteiger partial charge in [0.15, 0.2) is 0 Å². The van der Waals surface area contributed by atoms with E-state index in [0.717, 1.165) is 28.9 Å². The van der Waals surface area contributed by atoms with Crippen molar-refractivity contribution in [2.75, 3.05) is 11.9 Å². The van der Waals surface area contributed by atoms with Crippen LogP contribution < -0.4 is 5.32 Å². The van der Waals surface area contributed by atoms with Crippen molar-refractivity contribution < 1.29 is 37.0 Å². The zero-order chi connectivity index (χ0) is 22.1. The lowest BCUT2D eigenvalue weighted by molar-refractivity contribution is -0.137. The molecule has 0 saturated carbocycles. The summed E-state index contributed by atoms with van der Waals surface area (Å²) in [4.78, 5) is 11.0. The number of nitrogens with one attached hydrogen (secondary N) is 1. The van der Waals surface area contributed by atoms with Crippen molar-refractivity contribution in [3.05, 3.63) is 59.8 Å². The van der Waals surface area contributed by atoms with E-state index in [2.05, 4.69) is 10.4 Å². The van der Waals surface area contributed by atoms with Gasteiger partial charge in [-0.05, 0) is 29.8 Å². The van der Waals surface area contributed by atoms with E-state index >= 15 is 0 Å². The first-order chi connectivity index (χ1) is 14.1. The topological polar surface area (TPSA) is 87.4 Å². The first-order valence-electron chi connectivity index (χ1n) is 8.62. The molecule has 1 amide bonds. The van der Waals surface area contributed by atoms with E-state index in [1.807, 2.05) is 0 Å². The molecular formula is C19H16F5N3O3. The van der Waals surface area contributed by atoms with Crippen molar-refractivity contribution in [3.8, 4) is 0 Å². The van der Waals surface area contributed by atoms with Crippen molar-refractivity contribution in [2.45, 2.75) is 24.6 Å². The lowest BCUT2D eigenvalue weighted by Gasteiger charge is -2.33. The molecule has 160 valence electrons. The summed E-state index contributed by atoms with van der Waals surface area (Å²) in [6.07, 6.45) is -8.57. The van der Waals surface area contributed by atoms with Crippen LogP contribution in [0.4, 0.5) is 32.4 Å². The molecule has 1 atom stereocenters. The number of rotatable bonds is 6. The Bertz CT molecular complexity index is 1050. The molecule has 0 aliphatic carbocycles. The van der Waals surface area contributed by atoms with Gasteiger partial charge >= 0.3 is 12.3 Å². The van der Waals surface area contributed by atoms with Crippen molar-refractivity contribution in [1.29, 1.82) is 0 Å². The van der Waals surface area contributed by atoms with Crippen molar-refractivity contribution >= 4 is 22.7 Å². The Kier molecular flexibility index (Phi) is 5.66. The van der Waals surface area contributed by atoms with Gasteiger partial charge in [-0.2, -0.15) is 18.3 Å². The molecule has 6 nitrogen and oxygen atoms in total. The summed E-state index contributed by atoms with van der Waals surface area (Å²) >= 11 is 0. The highest BCUT2D eigenvalue weighted by Gasteiger charge is 2.40. The van der Waals surface area contributed by atoms with Gasteiger partial charge in [0.1, 0.15) is 5.54 Å². The molecular weight excluding hydrogens is 413 g/mol. The number of carboxylic acid groups (broad SMARTS) is 1. The molecule has 0 saturated heterocycles. The molecule has 1 aromatic heterocycles. The predicted molar refractivity (Wildman–Crippen MR) is 97.6 cm³/mol. The van der Waals surface area contributed by atoms with Gasteiger partial charge in [-0.1, -0.05) is 18.2 Å². The molecule has 2 aromatic carbocycles. The number of fused-ring (bicyclic) bond motifs is 1. The largest absolute Gasteiger partial charge is 0.465 e. The molecule has 0 spiro atoms. The Morgan fingerprint density at radius 1 is 1.10 bits per heavy atom.